The van der Waals surface area contributed by atoms with Crippen LogP contribution in [0, 0.1) is 0 Å². The maximum absolute atomic E-state index is 9.03. The summed E-state index contributed by atoms with van der Waals surface area (Å²) in [5.74, 6) is 0. The van der Waals surface area contributed by atoms with Crippen molar-refractivity contribution in [1.29, 1.82) is 0 Å². The molecule has 1 aliphatic rings. The van der Waals surface area contributed by atoms with Crippen molar-refractivity contribution in [2.24, 2.45) is 0 Å². The molecule has 0 spiro atoms. The van der Waals surface area contributed by atoms with Gasteiger partial charge in [-0.05, 0) is 58.7 Å². The third kappa shape index (κ3) is 4.07. The summed E-state index contributed by atoms with van der Waals surface area (Å²) in [4.78, 5) is 2.53. The Kier molecular flexibility index (Phi) is 4.62. The second kappa shape index (κ2) is 5.55. The lowest BCUT2D eigenvalue weighted by Gasteiger charge is -2.14. The molecule has 0 saturated carbocycles. The van der Waals surface area contributed by atoms with E-state index in [1.165, 1.54) is 45.3 Å². The minimum atomic E-state index is -0.108. The van der Waals surface area contributed by atoms with E-state index < -0.39 is 0 Å². The second-order valence-corrected chi connectivity index (χ2v) is 3.89. The van der Waals surface area contributed by atoms with Gasteiger partial charge in [-0.1, -0.05) is 0 Å². The van der Waals surface area contributed by atoms with E-state index >= 15 is 0 Å². The molecular weight excluding hydrogens is 150 g/mol. The van der Waals surface area contributed by atoms with Gasteiger partial charge in [-0.3, -0.25) is 0 Å². The van der Waals surface area contributed by atoms with E-state index in [0.717, 1.165) is 6.42 Å². The highest BCUT2D eigenvalue weighted by Crippen LogP contribution is 2.09. The molecule has 1 fully saturated rings. The molecule has 1 atom stereocenters. The molecule has 2 nitrogen and oxygen atoms in total. The minimum absolute atomic E-state index is 0.108. The second-order valence-electron chi connectivity index (χ2n) is 3.89. The highest BCUT2D eigenvalue weighted by Gasteiger charge is 2.10. The van der Waals surface area contributed by atoms with E-state index in [0.29, 0.717) is 0 Å². The zero-order valence-corrected chi connectivity index (χ0v) is 8.13. The first-order valence-electron chi connectivity index (χ1n) is 5.19. The molecule has 1 unspecified atom stereocenters. The first-order valence-corrected chi connectivity index (χ1v) is 5.19. The number of aliphatic hydroxyl groups excluding tert-OH is 1. The van der Waals surface area contributed by atoms with E-state index in [1.54, 1.807) is 0 Å². The molecule has 0 aromatic heterocycles. The summed E-state index contributed by atoms with van der Waals surface area (Å²) in [6.45, 7) is 5.71. The van der Waals surface area contributed by atoms with Crippen LogP contribution in [0.15, 0.2) is 0 Å². The largest absolute Gasteiger partial charge is 0.393 e. The number of hydrogen-bond acceptors (Lipinski definition) is 2. The lowest BCUT2D eigenvalue weighted by molar-refractivity contribution is 0.178. The molecule has 2 heteroatoms. The summed E-state index contributed by atoms with van der Waals surface area (Å²) in [7, 11) is 0. The number of rotatable bonds is 5. The molecule has 0 aromatic rings. The van der Waals surface area contributed by atoms with E-state index in [-0.39, 0.29) is 6.10 Å². The van der Waals surface area contributed by atoms with Crippen molar-refractivity contribution in [1.82, 2.24) is 4.90 Å². The average molecular weight is 171 g/mol. The smallest absolute Gasteiger partial charge is 0.0512 e. The molecule has 1 heterocycles. The van der Waals surface area contributed by atoms with Crippen LogP contribution in [0.3, 0.4) is 0 Å². The fourth-order valence-electron chi connectivity index (χ4n) is 1.78. The summed E-state index contributed by atoms with van der Waals surface area (Å²) in [5, 5.41) is 9.03. The van der Waals surface area contributed by atoms with E-state index in [9.17, 15) is 0 Å². The molecule has 0 amide bonds. The molecule has 1 aliphatic heterocycles. The third-order valence-electron chi connectivity index (χ3n) is 2.54. The standard InChI is InChI=1S/C10H21NO/c1-10(12)6-2-3-7-11-8-4-5-9-11/h10,12H,2-9H2,1H3. The van der Waals surface area contributed by atoms with Crippen LogP contribution < -0.4 is 0 Å². The van der Waals surface area contributed by atoms with Gasteiger partial charge in [0.25, 0.3) is 0 Å². The molecule has 1 N–H and O–H groups in total. The molecule has 0 radical (unpaired) electrons. The molecule has 0 aliphatic carbocycles. The van der Waals surface area contributed by atoms with Crippen molar-refractivity contribution in [3.8, 4) is 0 Å². The van der Waals surface area contributed by atoms with Gasteiger partial charge in [0.05, 0.1) is 6.10 Å². The van der Waals surface area contributed by atoms with Gasteiger partial charge in [0.15, 0.2) is 0 Å². The van der Waals surface area contributed by atoms with Crippen molar-refractivity contribution in [3.63, 3.8) is 0 Å². The summed E-state index contributed by atoms with van der Waals surface area (Å²) in [6.07, 6.45) is 6.06. The Hall–Kier alpha value is -0.0800. The van der Waals surface area contributed by atoms with E-state index in [4.69, 9.17) is 5.11 Å². The van der Waals surface area contributed by atoms with Gasteiger partial charge < -0.3 is 10.0 Å². The van der Waals surface area contributed by atoms with Crippen LogP contribution in [0.4, 0.5) is 0 Å². The molecule has 1 saturated heterocycles. The lowest BCUT2D eigenvalue weighted by Crippen LogP contribution is -2.20. The molecule has 72 valence electrons. The van der Waals surface area contributed by atoms with Crippen LogP contribution in [0.25, 0.3) is 0 Å². The summed E-state index contributed by atoms with van der Waals surface area (Å²) in [6, 6.07) is 0. The number of likely N-dealkylation sites (tertiary alicyclic amines) is 1. The fourth-order valence-corrected chi connectivity index (χ4v) is 1.78. The van der Waals surface area contributed by atoms with Crippen LogP contribution in [0.1, 0.15) is 39.0 Å². The van der Waals surface area contributed by atoms with Crippen LogP contribution >= 0.6 is 0 Å². The van der Waals surface area contributed by atoms with Gasteiger partial charge in [-0.25, -0.2) is 0 Å². The Morgan fingerprint density at radius 2 is 1.92 bits per heavy atom. The average Bonchev–Trinajstić information content (AvgIpc) is 2.49. The Balaban J connectivity index is 1.88. The normalized spacial score (nSPS) is 21.5. The van der Waals surface area contributed by atoms with Crippen molar-refractivity contribution in [2.75, 3.05) is 19.6 Å². The Morgan fingerprint density at radius 3 is 2.50 bits per heavy atom. The Morgan fingerprint density at radius 1 is 1.25 bits per heavy atom. The van der Waals surface area contributed by atoms with Crippen molar-refractivity contribution >= 4 is 0 Å². The number of unbranched alkanes of at least 4 members (excludes halogenated alkanes) is 1. The van der Waals surface area contributed by atoms with Crippen molar-refractivity contribution in [3.05, 3.63) is 0 Å². The quantitative estimate of drug-likeness (QED) is 0.636. The van der Waals surface area contributed by atoms with Gasteiger partial charge in [0.1, 0.15) is 0 Å². The van der Waals surface area contributed by atoms with Gasteiger partial charge in [0.2, 0.25) is 0 Å². The molecule has 0 aromatic carbocycles. The monoisotopic (exact) mass is 171 g/mol. The number of nitrogens with zero attached hydrogens (tertiary/aromatic N) is 1. The van der Waals surface area contributed by atoms with Gasteiger partial charge in [-0.15, -0.1) is 0 Å². The predicted octanol–water partition coefficient (Wildman–Crippen LogP) is 1.63. The highest BCUT2D eigenvalue weighted by molar-refractivity contribution is 4.65. The summed E-state index contributed by atoms with van der Waals surface area (Å²) in [5.41, 5.74) is 0. The number of hydrogen-bond donors (Lipinski definition) is 1. The van der Waals surface area contributed by atoms with Crippen LogP contribution in [0.2, 0.25) is 0 Å². The Bertz CT molecular complexity index is 108. The zero-order valence-electron chi connectivity index (χ0n) is 8.13. The Labute approximate surface area is 75.6 Å². The third-order valence-corrected chi connectivity index (χ3v) is 2.54. The molecule has 0 bridgehead atoms. The zero-order chi connectivity index (χ0) is 8.81. The minimum Gasteiger partial charge on any atom is -0.393 e. The van der Waals surface area contributed by atoms with Gasteiger partial charge >= 0.3 is 0 Å². The van der Waals surface area contributed by atoms with Crippen LogP contribution in [0.5, 0.6) is 0 Å². The summed E-state index contributed by atoms with van der Waals surface area (Å²) < 4.78 is 0. The van der Waals surface area contributed by atoms with Crippen molar-refractivity contribution in [2.45, 2.75) is 45.1 Å². The molecule has 1 rings (SSSR count). The van der Waals surface area contributed by atoms with Crippen LogP contribution in [-0.4, -0.2) is 35.7 Å². The molecular formula is C10H21NO. The number of aliphatic hydroxyl groups is 1. The maximum Gasteiger partial charge on any atom is 0.0512 e. The first kappa shape index (κ1) is 10.0. The van der Waals surface area contributed by atoms with Crippen molar-refractivity contribution < 1.29 is 5.11 Å². The van der Waals surface area contributed by atoms with E-state index in [2.05, 4.69) is 4.90 Å². The highest BCUT2D eigenvalue weighted by atomic mass is 16.3. The first-order chi connectivity index (χ1) is 5.79. The van der Waals surface area contributed by atoms with Crippen LogP contribution in [-0.2, 0) is 0 Å². The maximum atomic E-state index is 9.03. The predicted molar refractivity (Wildman–Crippen MR) is 51.2 cm³/mol. The lowest BCUT2D eigenvalue weighted by atomic mass is 10.2. The molecule has 12 heavy (non-hydrogen) atoms. The van der Waals surface area contributed by atoms with Gasteiger partial charge in [0, 0.05) is 0 Å². The van der Waals surface area contributed by atoms with Gasteiger partial charge in [-0.2, -0.15) is 0 Å². The topological polar surface area (TPSA) is 23.5 Å². The summed E-state index contributed by atoms with van der Waals surface area (Å²) >= 11 is 0. The SMILES string of the molecule is CC(O)CCCCN1CCCC1. The fraction of sp³-hybridized carbons (Fsp3) is 1.00. The van der Waals surface area contributed by atoms with E-state index in [1.807, 2.05) is 6.92 Å².